The second kappa shape index (κ2) is 10.0. The van der Waals surface area contributed by atoms with Crippen LogP contribution in [-0.2, 0) is 13.2 Å². The predicted molar refractivity (Wildman–Crippen MR) is 130 cm³/mol. The van der Waals surface area contributed by atoms with Crippen molar-refractivity contribution < 1.29 is 13.9 Å². The molecule has 0 unspecified atom stereocenters. The molecule has 1 aromatic heterocycles. The number of hydrogen-bond acceptors (Lipinski definition) is 3. The van der Waals surface area contributed by atoms with E-state index in [1.54, 1.807) is 29.1 Å². The van der Waals surface area contributed by atoms with Gasteiger partial charge in [-0.05, 0) is 82.4 Å². The minimum absolute atomic E-state index is 0.267. The van der Waals surface area contributed by atoms with Crippen LogP contribution >= 0.6 is 15.9 Å². The second-order valence-electron chi connectivity index (χ2n) is 7.86. The van der Waals surface area contributed by atoms with E-state index in [9.17, 15) is 9.18 Å². The summed E-state index contributed by atoms with van der Waals surface area (Å²) in [5, 5.41) is 7.27. The molecule has 4 aromatic rings. The van der Waals surface area contributed by atoms with Crippen LogP contribution < -0.4 is 10.1 Å². The lowest BCUT2D eigenvalue weighted by Gasteiger charge is -2.11. The summed E-state index contributed by atoms with van der Waals surface area (Å²) < 4.78 is 21.4. The molecule has 7 heteroatoms. The quantitative estimate of drug-likeness (QED) is 0.320. The van der Waals surface area contributed by atoms with Crippen LogP contribution in [0.4, 0.5) is 10.2 Å². The first kappa shape index (κ1) is 22.7. The number of hydrogen-bond donors (Lipinski definition) is 1. The van der Waals surface area contributed by atoms with Gasteiger partial charge in [-0.25, -0.2) is 4.39 Å². The van der Waals surface area contributed by atoms with Crippen molar-refractivity contribution in [2.45, 2.75) is 27.0 Å². The van der Waals surface area contributed by atoms with Gasteiger partial charge in [0.15, 0.2) is 5.82 Å². The number of aryl methyl sites for hydroxylation is 2. The Morgan fingerprint density at radius 1 is 1.06 bits per heavy atom. The van der Waals surface area contributed by atoms with Gasteiger partial charge < -0.3 is 10.1 Å². The molecular formula is C26H23BrFN3O2. The summed E-state index contributed by atoms with van der Waals surface area (Å²) in [5.41, 5.74) is 4.51. The molecule has 3 aromatic carbocycles. The van der Waals surface area contributed by atoms with Gasteiger partial charge in [0.25, 0.3) is 5.91 Å². The Labute approximate surface area is 200 Å². The van der Waals surface area contributed by atoms with Crippen molar-refractivity contribution in [2.75, 3.05) is 5.32 Å². The Balaban J connectivity index is 1.42. The number of nitrogens with zero attached hydrogens (tertiary/aromatic N) is 2. The van der Waals surface area contributed by atoms with Gasteiger partial charge in [-0.15, -0.1) is 0 Å². The molecule has 0 aliphatic carbocycles. The van der Waals surface area contributed by atoms with Crippen molar-refractivity contribution in [3.63, 3.8) is 0 Å². The number of benzene rings is 3. The number of halogens is 2. The highest BCUT2D eigenvalue weighted by Gasteiger charge is 2.13. The fourth-order valence-electron chi connectivity index (χ4n) is 3.35. The zero-order valence-corrected chi connectivity index (χ0v) is 19.9. The lowest BCUT2D eigenvalue weighted by molar-refractivity contribution is 0.102. The zero-order valence-electron chi connectivity index (χ0n) is 18.3. The highest BCUT2D eigenvalue weighted by molar-refractivity contribution is 9.10. The molecule has 4 rings (SSSR count). The molecule has 33 heavy (non-hydrogen) atoms. The van der Waals surface area contributed by atoms with Gasteiger partial charge in [-0.1, -0.05) is 36.4 Å². The number of rotatable bonds is 7. The zero-order chi connectivity index (χ0) is 23.4. The number of ether oxygens (including phenoxy) is 1. The van der Waals surface area contributed by atoms with E-state index in [1.165, 1.54) is 12.1 Å². The van der Waals surface area contributed by atoms with Crippen LogP contribution in [0.5, 0.6) is 5.75 Å². The van der Waals surface area contributed by atoms with Gasteiger partial charge in [0.2, 0.25) is 0 Å². The Morgan fingerprint density at radius 3 is 2.64 bits per heavy atom. The lowest BCUT2D eigenvalue weighted by atomic mass is 10.1. The molecule has 0 bridgehead atoms. The normalized spacial score (nSPS) is 10.8. The summed E-state index contributed by atoms with van der Waals surface area (Å²) >= 11 is 3.44. The fraction of sp³-hybridized carbons (Fsp3) is 0.154. The van der Waals surface area contributed by atoms with Gasteiger partial charge in [0.1, 0.15) is 18.2 Å². The van der Waals surface area contributed by atoms with Crippen molar-refractivity contribution in [3.8, 4) is 5.75 Å². The highest BCUT2D eigenvalue weighted by Crippen LogP contribution is 2.23. The van der Waals surface area contributed by atoms with E-state index in [0.29, 0.717) is 29.0 Å². The SMILES string of the molecule is Cc1ccc(C)c(OCc2cccc(C(=O)Nc3nn(Cc4ccc(F)cc4)cc3Br)c2)c1. The van der Waals surface area contributed by atoms with Gasteiger partial charge in [-0.2, -0.15) is 5.10 Å². The summed E-state index contributed by atoms with van der Waals surface area (Å²) in [6.07, 6.45) is 1.77. The first-order valence-electron chi connectivity index (χ1n) is 10.4. The maximum Gasteiger partial charge on any atom is 0.256 e. The van der Waals surface area contributed by atoms with Crippen LogP contribution in [0.2, 0.25) is 0 Å². The van der Waals surface area contributed by atoms with Crippen molar-refractivity contribution in [2.24, 2.45) is 0 Å². The van der Waals surface area contributed by atoms with Crippen LogP contribution in [0.15, 0.2) is 77.4 Å². The number of nitrogens with one attached hydrogen (secondary N) is 1. The van der Waals surface area contributed by atoms with E-state index in [0.717, 1.165) is 28.0 Å². The first-order valence-corrected chi connectivity index (χ1v) is 11.2. The molecule has 1 N–H and O–H groups in total. The number of anilines is 1. The maximum atomic E-state index is 13.1. The Bertz CT molecular complexity index is 1290. The smallest absolute Gasteiger partial charge is 0.256 e. The minimum atomic E-state index is -0.282. The Hall–Kier alpha value is -3.45. The molecule has 0 radical (unpaired) electrons. The minimum Gasteiger partial charge on any atom is -0.489 e. The van der Waals surface area contributed by atoms with Crippen LogP contribution in [0.1, 0.15) is 32.6 Å². The van der Waals surface area contributed by atoms with Crippen molar-refractivity contribution >= 4 is 27.7 Å². The Kier molecular flexibility index (Phi) is 6.89. The van der Waals surface area contributed by atoms with Crippen molar-refractivity contribution in [3.05, 3.63) is 111 Å². The largest absolute Gasteiger partial charge is 0.489 e. The predicted octanol–water partition coefficient (Wildman–Crippen LogP) is 6.28. The number of amides is 1. The van der Waals surface area contributed by atoms with Gasteiger partial charge >= 0.3 is 0 Å². The van der Waals surface area contributed by atoms with Crippen molar-refractivity contribution in [1.82, 2.24) is 9.78 Å². The molecule has 168 valence electrons. The van der Waals surface area contributed by atoms with Crippen LogP contribution in [0.3, 0.4) is 0 Å². The van der Waals surface area contributed by atoms with Gasteiger partial charge in [0.05, 0.1) is 11.0 Å². The molecule has 1 heterocycles. The number of carbonyl (C=O) groups is 1. The molecule has 0 fully saturated rings. The molecule has 1 amide bonds. The Morgan fingerprint density at radius 2 is 1.85 bits per heavy atom. The van der Waals surface area contributed by atoms with Crippen LogP contribution in [0.25, 0.3) is 0 Å². The van der Waals surface area contributed by atoms with Gasteiger partial charge in [-0.3, -0.25) is 9.48 Å². The van der Waals surface area contributed by atoms with E-state index in [1.807, 2.05) is 50.2 Å². The van der Waals surface area contributed by atoms with Crippen LogP contribution in [0, 0.1) is 19.7 Å². The average Bonchev–Trinajstić information content (AvgIpc) is 3.14. The van der Waals surface area contributed by atoms with E-state index >= 15 is 0 Å². The van der Waals surface area contributed by atoms with E-state index in [2.05, 4.69) is 26.3 Å². The maximum absolute atomic E-state index is 13.1. The van der Waals surface area contributed by atoms with Gasteiger partial charge in [0, 0.05) is 11.8 Å². The third-order valence-corrected chi connectivity index (χ3v) is 5.71. The molecule has 0 aliphatic heterocycles. The molecular weight excluding hydrogens is 485 g/mol. The monoisotopic (exact) mass is 507 g/mol. The summed E-state index contributed by atoms with van der Waals surface area (Å²) in [5.74, 6) is 0.700. The second-order valence-corrected chi connectivity index (χ2v) is 8.72. The average molecular weight is 508 g/mol. The molecule has 0 saturated carbocycles. The molecule has 5 nitrogen and oxygen atoms in total. The summed E-state index contributed by atoms with van der Waals surface area (Å²) in [6.45, 7) is 4.85. The van der Waals surface area contributed by atoms with E-state index in [-0.39, 0.29) is 11.7 Å². The lowest BCUT2D eigenvalue weighted by Crippen LogP contribution is -2.13. The third-order valence-electron chi connectivity index (χ3n) is 5.13. The number of aromatic nitrogens is 2. The topological polar surface area (TPSA) is 56.1 Å². The fourth-order valence-corrected chi connectivity index (χ4v) is 3.76. The summed E-state index contributed by atoms with van der Waals surface area (Å²) in [6, 6.07) is 19.6. The van der Waals surface area contributed by atoms with E-state index < -0.39 is 0 Å². The van der Waals surface area contributed by atoms with Crippen LogP contribution in [-0.4, -0.2) is 15.7 Å². The molecule has 0 spiro atoms. The van der Waals surface area contributed by atoms with E-state index in [4.69, 9.17) is 4.74 Å². The third kappa shape index (κ3) is 5.87. The summed E-state index contributed by atoms with van der Waals surface area (Å²) in [4.78, 5) is 12.8. The van der Waals surface area contributed by atoms with Crippen molar-refractivity contribution in [1.29, 1.82) is 0 Å². The number of carbonyl (C=O) groups excluding carboxylic acids is 1. The standard InChI is InChI=1S/C26H23BrFN3O2/c1-17-6-7-18(2)24(12-17)33-16-20-4-3-5-21(13-20)26(32)29-25-23(27)15-31(30-25)14-19-8-10-22(28)11-9-19/h3-13,15H,14,16H2,1-2H3,(H,29,30,32). The summed E-state index contributed by atoms with van der Waals surface area (Å²) in [7, 11) is 0. The first-order chi connectivity index (χ1) is 15.9. The molecule has 0 aliphatic rings. The molecule has 0 saturated heterocycles. The highest BCUT2D eigenvalue weighted by atomic mass is 79.9. The molecule has 0 atom stereocenters.